The number of aryl methyl sites for hydroxylation is 2. The molecule has 5 heteroatoms. The number of rotatable bonds is 1. The number of halogens is 1. The summed E-state index contributed by atoms with van der Waals surface area (Å²) in [6.07, 6.45) is 8.44. The van der Waals surface area contributed by atoms with Crippen LogP contribution in [0.5, 0.6) is 0 Å². The summed E-state index contributed by atoms with van der Waals surface area (Å²) in [5.41, 5.74) is 3.07. The van der Waals surface area contributed by atoms with Crippen molar-refractivity contribution in [2.75, 3.05) is 0 Å². The topological polar surface area (TPSA) is 56.0 Å². The predicted octanol–water partition coefficient (Wildman–Crippen LogP) is 7.44. The summed E-state index contributed by atoms with van der Waals surface area (Å²) in [6, 6.07) is 23.8. The molecule has 1 aliphatic carbocycles. The molecule has 0 amide bonds. The number of benzene rings is 4. The number of nitro benzene ring substituents is 1. The van der Waals surface area contributed by atoms with Gasteiger partial charge in [-0.3, -0.25) is 15.1 Å². The minimum Gasteiger partial charge on any atom is -0.264 e. The zero-order valence-corrected chi connectivity index (χ0v) is 18.3. The minimum absolute atomic E-state index is 0. The highest BCUT2D eigenvalue weighted by atomic mass is 35.5. The highest BCUT2D eigenvalue weighted by molar-refractivity contribution is 6.11. The van der Waals surface area contributed by atoms with Crippen LogP contribution in [-0.4, -0.2) is 9.91 Å². The van der Waals surface area contributed by atoms with Gasteiger partial charge in [0.2, 0.25) is 0 Å². The van der Waals surface area contributed by atoms with E-state index in [9.17, 15) is 10.1 Å². The smallest absolute Gasteiger partial charge is 0.264 e. The van der Waals surface area contributed by atoms with E-state index in [1.165, 1.54) is 40.1 Å². The Hall–Kier alpha value is -3.50. The molecule has 0 saturated heterocycles. The van der Waals surface area contributed by atoms with Gasteiger partial charge in [0.1, 0.15) is 0 Å². The van der Waals surface area contributed by atoms with Crippen LogP contribution in [0.4, 0.5) is 5.69 Å². The number of hydrogen-bond donors (Lipinski definition) is 0. The highest BCUT2D eigenvalue weighted by Gasteiger charge is 2.16. The van der Waals surface area contributed by atoms with Gasteiger partial charge in [-0.1, -0.05) is 54.6 Å². The zero-order valence-electron chi connectivity index (χ0n) is 17.5. The summed E-state index contributed by atoms with van der Waals surface area (Å²) in [4.78, 5) is 14.9. The van der Waals surface area contributed by atoms with Crippen LogP contribution in [0.3, 0.4) is 0 Å². The lowest BCUT2D eigenvalue weighted by Gasteiger charge is -2.18. The number of aromatic nitrogens is 1. The first kappa shape index (κ1) is 21.7. The Morgan fingerprint density at radius 2 is 1.44 bits per heavy atom. The molecule has 160 valence electrons. The molecule has 4 nitrogen and oxygen atoms in total. The molecule has 0 N–H and O–H groups in total. The molecule has 0 unspecified atom stereocenters. The molecule has 0 atom stereocenters. The molecule has 1 heterocycles. The number of nitrogens with zero attached hydrogens (tertiary/aromatic N) is 2. The summed E-state index contributed by atoms with van der Waals surface area (Å²) < 4.78 is 0. The summed E-state index contributed by atoms with van der Waals surface area (Å²) in [5, 5.41) is 17.7. The van der Waals surface area contributed by atoms with E-state index in [0.29, 0.717) is 0 Å². The van der Waals surface area contributed by atoms with E-state index in [1.54, 1.807) is 12.1 Å². The van der Waals surface area contributed by atoms with Gasteiger partial charge in [0.15, 0.2) is 0 Å². The average Bonchev–Trinajstić information content (AvgIpc) is 2.83. The first-order chi connectivity index (χ1) is 15.2. The van der Waals surface area contributed by atoms with Crippen LogP contribution in [0.2, 0.25) is 0 Å². The summed E-state index contributed by atoms with van der Waals surface area (Å²) in [5.74, 6) is 0. The van der Waals surface area contributed by atoms with E-state index in [-0.39, 0.29) is 23.0 Å². The van der Waals surface area contributed by atoms with Crippen LogP contribution in [0.25, 0.3) is 32.3 Å². The normalized spacial score (nSPS) is 12.5. The molecule has 0 spiro atoms. The van der Waals surface area contributed by atoms with Gasteiger partial charge < -0.3 is 0 Å². The van der Waals surface area contributed by atoms with Crippen LogP contribution in [-0.2, 0) is 12.8 Å². The Labute approximate surface area is 192 Å². The fraction of sp³-hybridized carbons (Fsp3) is 0.148. The van der Waals surface area contributed by atoms with Crippen LogP contribution in [0.15, 0.2) is 85.2 Å². The number of fused-ring (bicyclic) bond motifs is 6. The lowest BCUT2D eigenvalue weighted by molar-refractivity contribution is -0.383. The van der Waals surface area contributed by atoms with Gasteiger partial charge >= 0.3 is 0 Å². The number of pyridine rings is 1. The molecule has 5 aromatic rings. The predicted molar refractivity (Wildman–Crippen MR) is 134 cm³/mol. The van der Waals surface area contributed by atoms with Crippen molar-refractivity contribution in [3.05, 3.63) is 106 Å². The maximum atomic E-state index is 11.2. The van der Waals surface area contributed by atoms with Crippen molar-refractivity contribution in [1.29, 1.82) is 0 Å². The van der Waals surface area contributed by atoms with E-state index in [4.69, 9.17) is 0 Å². The first-order valence-electron chi connectivity index (χ1n) is 10.6. The van der Waals surface area contributed by atoms with E-state index >= 15 is 0 Å². The van der Waals surface area contributed by atoms with Gasteiger partial charge in [-0.25, -0.2) is 0 Å². The molecule has 1 aliphatic rings. The van der Waals surface area contributed by atoms with Gasteiger partial charge in [0, 0.05) is 18.5 Å². The summed E-state index contributed by atoms with van der Waals surface area (Å²) in [7, 11) is 0. The van der Waals surface area contributed by atoms with Crippen molar-refractivity contribution in [3.63, 3.8) is 0 Å². The standard InChI is InChI=1S/C18H15NO2.C9H7N.ClH/c20-19(21)18-7-3-6-14-16-9-8-12-4-1-2-5-13(12)15(16)10-11-17(14)18;1-2-4-9-7-10-6-5-8(9)3-1;/h3,6-11H,1-2,4-5H2;1-7H;1H. The fourth-order valence-electron chi connectivity index (χ4n) is 4.60. The summed E-state index contributed by atoms with van der Waals surface area (Å²) in [6.45, 7) is 0. The van der Waals surface area contributed by atoms with Gasteiger partial charge in [-0.05, 0) is 75.9 Å². The van der Waals surface area contributed by atoms with Crippen molar-refractivity contribution in [1.82, 2.24) is 4.98 Å². The molecular weight excluding hydrogens is 420 g/mol. The van der Waals surface area contributed by atoms with Gasteiger partial charge in [0.25, 0.3) is 5.69 Å². The van der Waals surface area contributed by atoms with Crippen LogP contribution in [0, 0.1) is 10.1 Å². The quantitative estimate of drug-likeness (QED) is 0.154. The third kappa shape index (κ3) is 4.02. The molecule has 0 bridgehead atoms. The Balaban J connectivity index is 0.000000188. The van der Waals surface area contributed by atoms with E-state index in [2.05, 4.69) is 35.3 Å². The number of non-ortho nitro benzene ring substituents is 1. The zero-order chi connectivity index (χ0) is 21.2. The number of hydrogen-bond acceptors (Lipinski definition) is 3. The molecular formula is C27H23ClN2O2. The second-order valence-corrected chi connectivity index (χ2v) is 7.92. The molecule has 4 aromatic carbocycles. The van der Waals surface area contributed by atoms with Crippen molar-refractivity contribution in [2.45, 2.75) is 25.7 Å². The second-order valence-electron chi connectivity index (χ2n) is 7.92. The van der Waals surface area contributed by atoms with E-state index < -0.39 is 0 Å². The van der Waals surface area contributed by atoms with Gasteiger partial charge in [-0.15, -0.1) is 12.4 Å². The molecule has 0 aliphatic heterocycles. The van der Waals surface area contributed by atoms with Gasteiger partial charge in [-0.2, -0.15) is 0 Å². The van der Waals surface area contributed by atoms with Crippen molar-refractivity contribution in [3.8, 4) is 0 Å². The SMILES string of the molecule is Cl.O=[N+]([O-])c1cccc2c1ccc1c3c(ccc12)CCCC3.c1ccc2cnccc2c1. The maximum Gasteiger partial charge on any atom is 0.277 e. The largest absolute Gasteiger partial charge is 0.277 e. The summed E-state index contributed by atoms with van der Waals surface area (Å²) >= 11 is 0. The molecule has 32 heavy (non-hydrogen) atoms. The Bertz CT molecular complexity index is 1370. The van der Waals surface area contributed by atoms with Crippen molar-refractivity contribution < 1.29 is 4.92 Å². The van der Waals surface area contributed by atoms with E-state index in [1.807, 2.05) is 42.7 Å². The van der Waals surface area contributed by atoms with Crippen LogP contribution < -0.4 is 0 Å². The first-order valence-corrected chi connectivity index (χ1v) is 10.6. The van der Waals surface area contributed by atoms with E-state index in [0.717, 1.165) is 29.0 Å². The third-order valence-corrected chi connectivity index (χ3v) is 6.11. The second kappa shape index (κ2) is 9.33. The Kier molecular flexibility index (Phi) is 6.33. The Morgan fingerprint density at radius 1 is 0.719 bits per heavy atom. The maximum absolute atomic E-state index is 11.2. The van der Waals surface area contributed by atoms with Crippen molar-refractivity contribution >= 4 is 50.4 Å². The third-order valence-electron chi connectivity index (χ3n) is 6.11. The van der Waals surface area contributed by atoms with Crippen molar-refractivity contribution in [2.24, 2.45) is 0 Å². The Morgan fingerprint density at radius 3 is 2.25 bits per heavy atom. The fourth-order valence-corrected chi connectivity index (χ4v) is 4.60. The minimum atomic E-state index is -0.299. The van der Waals surface area contributed by atoms with Gasteiger partial charge in [0.05, 0.1) is 10.3 Å². The highest BCUT2D eigenvalue weighted by Crippen LogP contribution is 2.35. The molecule has 6 rings (SSSR count). The lowest BCUT2D eigenvalue weighted by Crippen LogP contribution is -2.03. The molecule has 0 radical (unpaired) electrons. The lowest BCUT2D eigenvalue weighted by atomic mass is 9.86. The molecule has 1 aromatic heterocycles. The van der Waals surface area contributed by atoms with Crippen LogP contribution >= 0.6 is 12.4 Å². The molecule has 0 saturated carbocycles. The average molecular weight is 443 g/mol. The number of nitro groups is 1. The van der Waals surface area contributed by atoms with Crippen LogP contribution in [0.1, 0.15) is 24.0 Å². The molecule has 0 fully saturated rings. The monoisotopic (exact) mass is 442 g/mol.